The topological polar surface area (TPSA) is 35.5 Å². The van der Waals surface area contributed by atoms with Gasteiger partial charge in [0.2, 0.25) is 5.78 Å². The minimum Gasteiger partial charge on any atom is -0.496 e. The lowest BCUT2D eigenvalue weighted by Gasteiger charge is -2.19. The summed E-state index contributed by atoms with van der Waals surface area (Å²) in [7, 11) is 1.60. The molecule has 98 valence electrons. The van der Waals surface area contributed by atoms with Crippen molar-refractivity contribution >= 4 is 17.1 Å². The van der Waals surface area contributed by atoms with Crippen LogP contribution in [0.3, 0.4) is 0 Å². The Morgan fingerprint density at radius 3 is 3.11 bits per heavy atom. The van der Waals surface area contributed by atoms with Crippen molar-refractivity contribution in [2.24, 2.45) is 0 Å². The van der Waals surface area contributed by atoms with E-state index < -0.39 is 0 Å². The molecule has 0 saturated heterocycles. The minimum atomic E-state index is 0.00653. The van der Waals surface area contributed by atoms with E-state index in [0.29, 0.717) is 17.0 Å². The van der Waals surface area contributed by atoms with Crippen LogP contribution in [0.25, 0.3) is 0 Å². The van der Waals surface area contributed by atoms with Gasteiger partial charge in [0.1, 0.15) is 11.5 Å². The SMILES string of the molecule is COc1csc(C(=O)c2cccc3c2OCCC3)c1. The van der Waals surface area contributed by atoms with E-state index in [0.717, 1.165) is 29.9 Å². The van der Waals surface area contributed by atoms with E-state index in [2.05, 4.69) is 0 Å². The maximum Gasteiger partial charge on any atom is 0.206 e. The van der Waals surface area contributed by atoms with Gasteiger partial charge in [-0.3, -0.25) is 4.79 Å². The molecule has 1 aromatic carbocycles. The Morgan fingerprint density at radius 2 is 2.32 bits per heavy atom. The van der Waals surface area contributed by atoms with Gasteiger partial charge in [0.15, 0.2) is 0 Å². The molecule has 0 bridgehead atoms. The number of ether oxygens (including phenoxy) is 2. The first-order valence-electron chi connectivity index (χ1n) is 6.21. The summed E-state index contributed by atoms with van der Waals surface area (Å²) in [5, 5.41) is 1.84. The Hall–Kier alpha value is -1.81. The Bertz CT molecular complexity index is 616. The molecule has 0 fully saturated rings. The van der Waals surface area contributed by atoms with Crippen LogP contribution in [0.4, 0.5) is 0 Å². The molecule has 2 heterocycles. The summed E-state index contributed by atoms with van der Waals surface area (Å²) in [6.07, 6.45) is 1.99. The molecule has 19 heavy (non-hydrogen) atoms. The first-order valence-corrected chi connectivity index (χ1v) is 7.09. The molecule has 3 nitrogen and oxygen atoms in total. The van der Waals surface area contributed by atoms with E-state index in [4.69, 9.17) is 9.47 Å². The maximum absolute atomic E-state index is 12.5. The molecule has 0 amide bonds. The van der Waals surface area contributed by atoms with Gasteiger partial charge in [-0.25, -0.2) is 0 Å². The number of thiophene rings is 1. The largest absolute Gasteiger partial charge is 0.496 e. The van der Waals surface area contributed by atoms with E-state index in [1.54, 1.807) is 13.2 Å². The summed E-state index contributed by atoms with van der Waals surface area (Å²) in [5.41, 5.74) is 1.78. The van der Waals surface area contributed by atoms with Crippen LogP contribution in [0.15, 0.2) is 29.6 Å². The Labute approximate surface area is 115 Å². The first kappa shape index (κ1) is 12.2. The van der Waals surface area contributed by atoms with Crippen LogP contribution < -0.4 is 9.47 Å². The van der Waals surface area contributed by atoms with Crippen molar-refractivity contribution in [3.8, 4) is 11.5 Å². The van der Waals surface area contributed by atoms with Gasteiger partial charge >= 0.3 is 0 Å². The fraction of sp³-hybridized carbons (Fsp3) is 0.267. The minimum absolute atomic E-state index is 0.00653. The number of hydrogen-bond donors (Lipinski definition) is 0. The lowest BCUT2D eigenvalue weighted by molar-refractivity contribution is 0.103. The predicted molar refractivity (Wildman–Crippen MR) is 74.6 cm³/mol. The van der Waals surface area contributed by atoms with Crippen LogP contribution in [0.1, 0.15) is 27.2 Å². The molecule has 0 aliphatic carbocycles. The number of ketones is 1. The van der Waals surface area contributed by atoms with Crippen LogP contribution in [0, 0.1) is 0 Å². The predicted octanol–water partition coefficient (Wildman–Crippen LogP) is 3.31. The molecule has 0 saturated carbocycles. The number of carbonyl (C=O) groups is 1. The fourth-order valence-electron chi connectivity index (χ4n) is 2.25. The Morgan fingerprint density at radius 1 is 1.42 bits per heavy atom. The molecule has 0 unspecified atom stereocenters. The summed E-state index contributed by atoms with van der Waals surface area (Å²) in [5.74, 6) is 1.48. The highest BCUT2D eigenvalue weighted by atomic mass is 32.1. The molecule has 1 aliphatic rings. The van der Waals surface area contributed by atoms with E-state index in [9.17, 15) is 4.79 Å². The molecule has 0 spiro atoms. The summed E-state index contributed by atoms with van der Waals surface area (Å²) in [6.45, 7) is 0.686. The number of aryl methyl sites for hydroxylation is 1. The quantitative estimate of drug-likeness (QED) is 0.805. The van der Waals surface area contributed by atoms with Crippen molar-refractivity contribution in [1.82, 2.24) is 0 Å². The highest BCUT2D eigenvalue weighted by Crippen LogP contribution is 2.32. The van der Waals surface area contributed by atoms with Gasteiger partial charge in [-0.2, -0.15) is 0 Å². The summed E-state index contributed by atoms with van der Waals surface area (Å²) < 4.78 is 10.8. The molecule has 1 aromatic heterocycles. The lowest BCUT2D eigenvalue weighted by Crippen LogP contribution is -2.12. The molecule has 4 heteroatoms. The summed E-state index contributed by atoms with van der Waals surface area (Å²) >= 11 is 1.40. The third-order valence-corrected chi connectivity index (χ3v) is 4.12. The number of hydrogen-bond acceptors (Lipinski definition) is 4. The Balaban J connectivity index is 1.99. The molecule has 0 N–H and O–H groups in total. The molecular weight excluding hydrogens is 260 g/mol. The number of fused-ring (bicyclic) bond motifs is 1. The monoisotopic (exact) mass is 274 g/mol. The van der Waals surface area contributed by atoms with Gasteiger partial charge in [-0.15, -0.1) is 11.3 Å². The van der Waals surface area contributed by atoms with Crippen LogP contribution in [-0.4, -0.2) is 19.5 Å². The van der Waals surface area contributed by atoms with Gasteiger partial charge < -0.3 is 9.47 Å². The van der Waals surface area contributed by atoms with Crippen LogP contribution in [-0.2, 0) is 6.42 Å². The highest BCUT2D eigenvalue weighted by molar-refractivity contribution is 7.12. The third-order valence-electron chi connectivity index (χ3n) is 3.21. The van der Waals surface area contributed by atoms with Crippen molar-refractivity contribution < 1.29 is 14.3 Å². The maximum atomic E-state index is 12.5. The highest BCUT2D eigenvalue weighted by Gasteiger charge is 2.21. The Kier molecular flexibility index (Phi) is 3.25. The number of carbonyl (C=O) groups excluding carboxylic acids is 1. The van der Waals surface area contributed by atoms with Gasteiger partial charge in [0.25, 0.3) is 0 Å². The second-order valence-electron chi connectivity index (χ2n) is 4.43. The second-order valence-corrected chi connectivity index (χ2v) is 5.34. The fourth-order valence-corrected chi connectivity index (χ4v) is 3.05. The third kappa shape index (κ3) is 2.24. The molecule has 1 aliphatic heterocycles. The van der Waals surface area contributed by atoms with Gasteiger partial charge in [0, 0.05) is 11.4 Å². The summed E-state index contributed by atoms with van der Waals surface area (Å²) in [4.78, 5) is 13.2. The average molecular weight is 274 g/mol. The van der Waals surface area contributed by atoms with E-state index in [1.807, 2.05) is 23.6 Å². The summed E-state index contributed by atoms with van der Waals surface area (Å²) in [6, 6.07) is 7.56. The molecule has 0 atom stereocenters. The van der Waals surface area contributed by atoms with Crippen LogP contribution in [0.2, 0.25) is 0 Å². The first-order chi connectivity index (χ1) is 9.29. The van der Waals surface area contributed by atoms with Crippen LogP contribution >= 0.6 is 11.3 Å². The zero-order chi connectivity index (χ0) is 13.2. The molecule has 2 aromatic rings. The van der Waals surface area contributed by atoms with Gasteiger partial charge in [-0.05, 0) is 24.5 Å². The van der Waals surface area contributed by atoms with E-state index in [-0.39, 0.29) is 5.78 Å². The average Bonchev–Trinajstić information content (AvgIpc) is 2.95. The van der Waals surface area contributed by atoms with Crippen molar-refractivity contribution in [3.05, 3.63) is 45.6 Å². The zero-order valence-electron chi connectivity index (χ0n) is 10.6. The van der Waals surface area contributed by atoms with Gasteiger partial charge in [0.05, 0.1) is 24.2 Å². The smallest absolute Gasteiger partial charge is 0.206 e. The van der Waals surface area contributed by atoms with Crippen molar-refractivity contribution in [2.75, 3.05) is 13.7 Å². The molecular formula is C15H14O3S. The van der Waals surface area contributed by atoms with Crippen LogP contribution in [0.5, 0.6) is 11.5 Å². The second kappa shape index (κ2) is 5.05. The number of benzene rings is 1. The van der Waals surface area contributed by atoms with Crippen molar-refractivity contribution in [1.29, 1.82) is 0 Å². The normalized spacial score (nSPS) is 13.5. The number of rotatable bonds is 3. The lowest BCUT2D eigenvalue weighted by atomic mass is 9.99. The van der Waals surface area contributed by atoms with Crippen molar-refractivity contribution in [3.63, 3.8) is 0 Å². The van der Waals surface area contributed by atoms with Gasteiger partial charge in [-0.1, -0.05) is 12.1 Å². The molecule has 0 radical (unpaired) electrons. The molecule has 3 rings (SSSR count). The standard InChI is InChI=1S/C15H14O3S/c1-17-11-8-13(19-9-11)14(16)12-6-2-4-10-5-3-7-18-15(10)12/h2,4,6,8-9H,3,5,7H2,1H3. The van der Waals surface area contributed by atoms with E-state index in [1.165, 1.54) is 11.3 Å². The number of methoxy groups -OCH3 is 1. The van der Waals surface area contributed by atoms with E-state index >= 15 is 0 Å². The van der Waals surface area contributed by atoms with Crippen molar-refractivity contribution in [2.45, 2.75) is 12.8 Å². The number of para-hydroxylation sites is 1. The zero-order valence-corrected chi connectivity index (χ0v) is 11.5.